The van der Waals surface area contributed by atoms with Crippen LogP contribution in [0.25, 0.3) is 0 Å². The van der Waals surface area contributed by atoms with Crippen LogP contribution in [0.2, 0.25) is 0 Å². The second kappa shape index (κ2) is 6.39. The Morgan fingerprint density at radius 1 is 1.30 bits per heavy atom. The first kappa shape index (κ1) is 14.3. The minimum Gasteiger partial charge on any atom is -0.375 e. The Hall–Kier alpha value is -0.690. The summed E-state index contributed by atoms with van der Waals surface area (Å²) in [5, 5.41) is 3.62. The van der Waals surface area contributed by atoms with Crippen molar-refractivity contribution in [1.82, 2.24) is 10.8 Å². The van der Waals surface area contributed by atoms with Crippen LogP contribution in [0.15, 0.2) is 0 Å². The molecule has 6 nitrogen and oxygen atoms in total. The van der Waals surface area contributed by atoms with E-state index in [2.05, 4.69) is 10.8 Å². The first-order valence-electron chi connectivity index (χ1n) is 7.78. The third-order valence-electron chi connectivity index (χ3n) is 4.83. The number of primary amides is 1. The van der Waals surface area contributed by atoms with Crippen molar-refractivity contribution >= 4 is 5.91 Å². The van der Waals surface area contributed by atoms with E-state index in [1.54, 1.807) is 0 Å². The number of carbonyl (C=O) groups is 1. The molecule has 3 aliphatic rings. The molecule has 0 spiro atoms. The molecule has 1 saturated carbocycles. The number of ether oxygens (including phenoxy) is 1. The standard InChI is InChI=1S/C14H25N3O3/c15-14(18)13-7-11(20-17-13)8-19-10-3-4-12-9(6-10)2-1-5-16-12/h9-13,16-17H,1-8H2,(H2,15,18). The third-order valence-corrected chi connectivity index (χ3v) is 4.83. The molecule has 0 bridgehead atoms. The summed E-state index contributed by atoms with van der Waals surface area (Å²) in [6.07, 6.45) is 6.97. The number of rotatable bonds is 4. The van der Waals surface area contributed by atoms with Crippen LogP contribution in [-0.2, 0) is 14.4 Å². The summed E-state index contributed by atoms with van der Waals surface area (Å²) in [6.45, 7) is 1.72. The molecule has 3 rings (SSSR count). The zero-order chi connectivity index (χ0) is 13.9. The monoisotopic (exact) mass is 283 g/mol. The average Bonchev–Trinajstić information content (AvgIpc) is 2.94. The van der Waals surface area contributed by atoms with Gasteiger partial charge < -0.3 is 15.8 Å². The van der Waals surface area contributed by atoms with Gasteiger partial charge in [-0.25, -0.2) is 0 Å². The molecule has 114 valence electrons. The van der Waals surface area contributed by atoms with Crippen LogP contribution in [0.1, 0.15) is 38.5 Å². The number of hydroxylamine groups is 1. The van der Waals surface area contributed by atoms with Gasteiger partial charge in [-0.1, -0.05) is 0 Å². The molecule has 2 heterocycles. The van der Waals surface area contributed by atoms with Crippen LogP contribution < -0.4 is 16.5 Å². The number of piperidine rings is 1. The van der Waals surface area contributed by atoms with E-state index in [1.165, 1.54) is 25.8 Å². The van der Waals surface area contributed by atoms with Gasteiger partial charge in [-0.05, 0) is 44.6 Å². The van der Waals surface area contributed by atoms with Gasteiger partial charge >= 0.3 is 0 Å². The van der Waals surface area contributed by atoms with Gasteiger partial charge in [-0.2, -0.15) is 5.48 Å². The summed E-state index contributed by atoms with van der Waals surface area (Å²) in [7, 11) is 0. The first-order valence-corrected chi connectivity index (χ1v) is 7.78. The van der Waals surface area contributed by atoms with Crippen LogP contribution >= 0.6 is 0 Å². The predicted octanol–water partition coefficient (Wildman–Crippen LogP) is 0.0711. The lowest BCUT2D eigenvalue weighted by Crippen LogP contribution is -2.46. The lowest BCUT2D eigenvalue weighted by Gasteiger charge is -2.39. The van der Waals surface area contributed by atoms with E-state index >= 15 is 0 Å². The Balaban J connectivity index is 1.40. The normalized spacial score (nSPS) is 41.3. The topological polar surface area (TPSA) is 85.6 Å². The molecule has 20 heavy (non-hydrogen) atoms. The van der Waals surface area contributed by atoms with E-state index in [9.17, 15) is 4.79 Å². The van der Waals surface area contributed by atoms with Crippen molar-refractivity contribution in [2.75, 3.05) is 13.2 Å². The summed E-state index contributed by atoms with van der Waals surface area (Å²) >= 11 is 0. The number of hydrogen-bond donors (Lipinski definition) is 3. The van der Waals surface area contributed by atoms with Gasteiger partial charge in [0.25, 0.3) is 0 Å². The van der Waals surface area contributed by atoms with Gasteiger partial charge in [-0.15, -0.1) is 0 Å². The molecule has 0 aromatic carbocycles. The minimum atomic E-state index is -0.373. The number of nitrogens with two attached hydrogens (primary N) is 1. The van der Waals surface area contributed by atoms with E-state index in [1.807, 2.05) is 0 Å². The van der Waals surface area contributed by atoms with Crippen molar-refractivity contribution in [2.24, 2.45) is 11.7 Å². The smallest absolute Gasteiger partial charge is 0.237 e. The first-order chi connectivity index (χ1) is 9.72. The zero-order valence-corrected chi connectivity index (χ0v) is 11.8. The van der Waals surface area contributed by atoms with E-state index in [0.29, 0.717) is 25.2 Å². The van der Waals surface area contributed by atoms with E-state index in [-0.39, 0.29) is 18.1 Å². The van der Waals surface area contributed by atoms with Crippen LogP contribution in [-0.4, -0.2) is 43.4 Å². The van der Waals surface area contributed by atoms with Crippen molar-refractivity contribution in [3.63, 3.8) is 0 Å². The second-order valence-corrected chi connectivity index (χ2v) is 6.28. The number of amides is 1. The lowest BCUT2D eigenvalue weighted by molar-refractivity contribution is -0.121. The average molecular weight is 283 g/mol. The Kier molecular flexibility index (Phi) is 4.55. The van der Waals surface area contributed by atoms with Crippen molar-refractivity contribution in [3.8, 4) is 0 Å². The van der Waals surface area contributed by atoms with Crippen LogP contribution in [0.3, 0.4) is 0 Å². The number of hydrogen-bond acceptors (Lipinski definition) is 5. The van der Waals surface area contributed by atoms with Gasteiger partial charge in [0.2, 0.25) is 5.91 Å². The maximum atomic E-state index is 11.0. The Morgan fingerprint density at radius 2 is 2.20 bits per heavy atom. The molecule has 6 heteroatoms. The molecular weight excluding hydrogens is 258 g/mol. The summed E-state index contributed by atoms with van der Waals surface area (Å²) in [4.78, 5) is 16.4. The van der Waals surface area contributed by atoms with Crippen molar-refractivity contribution in [1.29, 1.82) is 0 Å². The van der Waals surface area contributed by atoms with Crippen LogP contribution in [0, 0.1) is 5.92 Å². The number of carbonyl (C=O) groups excluding carboxylic acids is 1. The van der Waals surface area contributed by atoms with Crippen molar-refractivity contribution < 1.29 is 14.4 Å². The minimum absolute atomic E-state index is 0.0605. The van der Waals surface area contributed by atoms with Crippen molar-refractivity contribution in [3.05, 3.63) is 0 Å². The quantitative estimate of drug-likeness (QED) is 0.680. The molecule has 5 unspecified atom stereocenters. The van der Waals surface area contributed by atoms with Gasteiger partial charge in [0.15, 0.2) is 0 Å². The Labute approximate surface area is 119 Å². The van der Waals surface area contributed by atoms with Gasteiger partial charge in [0, 0.05) is 12.5 Å². The molecule has 0 radical (unpaired) electrons. The molecular formula is C14H25N3O3. The highest BCUT2D eigenvalue weighted by molar-refractivity contribution is 5.79. The Bertz CT molecular complexity index is 353. The fourth-order valence-corrected chi connectivity index (χ4v) is 3.67. The molecule has 1 aliphatic carbocycles. The number of nitrogens with one attached hydrogen (secondary N) is 2. The molecule has 0 aromatic rings. The Morgan fingerprint density at radius 3 is 3.00 bits per heavy atom. The fraction of sp³-hybridized carbons (Fsp3) is 0.929. The maximum absolute atomic E-state index is 11.0. The second-order valence-electron chi connectivity index (χ2n) is 6.28. The number of fused-ring (bicyclic) bond motifs is 1. The molecule has 4 N–H and O–H groups in total. The zero-order valence-electron chi connectivity index (χ0n) is 11.8. The van der Waals surface area contributed by atoms with Gasteiger partial charge in [-0.3, -0.25) is 9.63 Å². The predicted molar refractivity (Wildman–Crippen MR) is 73.7 cm³/mol. The summed E-state index contributed by atoms with van der Waals surface area (Å²) < 4.78 is 6.00. The fourth-order valence-electron chi connectivity index (χ4n) is 3.67. The summed E-state index contributed by atoms with van der Waals surface area (Å²) in [5.41, 5.74) is 7.92. The largest absolute Gasteiger partial charge is 0.375 e. The lowest BCUT2D eigenvalue weighted by atomic mass is 9.78. The molecule has 0 aromatic heterocycles. The molecule has 2 aliphatic heterocycles. The SMILES string of the molecule is NC(=O)C1CC(COC2CCC3NCCCC3C2)ON1. The summed E-state index contributed by atoms with van der Waals surface area (Å²) in [5.74, 6) is 0.407. The molecule has 2 saturated heterocycles. The molecule has 3 fully saturated rings. The highest BCUT2D eigenvalue weighted by Crippen LogP contribution is 2.32. The highest BCUT2D eigenvalue weighted by atomic mass is 16.7. The van der Waals surface area contributed by atoms with E-state index < -0.39 is 0 Å². The molecule has 5 atom stereocenters. The third kappa shape index (κ3) is 3.31. The van der Waals surface area contributed by atoms with E-state index in [4.69, 9.17) is 15.3 Å². The van der Waals surface area contributed by atoms with E-state index in [0.717, 1.165) is 18.8 Å². The van der Waals surface area contributed by atoms with Crippen LogP contribution in [0.4, 0.5) is 0 Å². The maximum Gasteiger partial charge on any atom is 0.237 e. The summed E-state index contributed by atoms with van der Waals surface area (Å²) in [6, 6.07) is 0.328. The molecule has 1 amide bonds. The van der Waals surface area contributed by atoms with Crippen molar-refractivity contribution in [2.45, 2.75) is 62.8 Å². The van der Waals surface area contributed by atoms with Gasteiger partial charge in [0.05, 0.1) is 12.7 Å². The van der Waals surface area contributed by atoms with Crippen LogP contribution in [0.5, 0.6) is 0 Å². The highest BCUT2D eigenvalue weighted by Gasteiger charge is 2.34. The van der Waals surface area contributed by atoms with Gasteiger partial charge in [0.1, 0.15) is 12.1 Å².